The highest BCUT2D eigenvalue weighted by Crippen LogP contribution is 2.68. The molecule has 0 bridgehead atoms. The summed E-state index contributed by atoms with van der Waals surface area (Å²) in [5.74, 6) is -5.96. The summed E-state index contributed by atoms with van der Waals surface area (Å²) in [7, 11) is -8.65. The number of hydrogen-bond acceptors (Lipinski definition) is 10. The molecule has 7 rings (SSSR count). The lowest BCUT2D eigenvalue weighted by Gasteiger charge is -2.23. The Labute approximate surface area is 396 Å². The number of fused-ring (bicyclic) bond motifs is 4. The van der Waals surface area contributed by atoms with Gasteiger partial charge >= 0.3 is 18.4 Å². The molecule has 3 amide bonds. The number of alkyl halides is 8. The summed E-state index contributed by atoms with van der Waals surface area (Å²) < 4.78 is 197. The molecule has 1 saturated carbocycles. The van der Waals surface area contributed by atoms with E-state index in [0.29, 0.717) is 12.3 Å². The van der Waals surface area contributed by atoms with Gasteiger partial charge in [0.2, 0.25) is 15.9 Å². The van der Waals surface area contributed by atoms with Crippen LogP contribution in [0.2, 0.25) is 5.02 Å². The molecule has 376 valence electrons. The Balaban J connectivity index is 1.49. The molecule has 0 unspecified atom stereocenters. The van der Waals surface area contributed by atoms with E-state index in [-0.39, 0.29) is 55.6 Å². The number of nitrogens with two attached hydrogens (primary N) is 1. The van der Waals surface area contributed by atoms with Gasteiger partial charge in [0, 0.05) is 48.0 Å². The van der Waals surface area contributed by atoms with Gasteiger partial charge in [-0.15, -0.1) is 0 Å². The number of hydrogen-bond donors (Lipinski definition) is 3. The van der Waals surface area contributed by atoms with Crippen LogP contribution < -0.4 is 20.7 Å². The molecular weight excluding hydrogens is 1020 g/mol. The molecular formula is C42H38ClF10N9O6S2. The van der Waals surface area contributed by atoms with Gasteiger partial charge in [0.25, 0.3) is 5.92 Å². The summed E-state index contributed by atoms with van der Waals surface area (Å²) >= 11 is 6.59. The molecule has 1 fully saturated rings. The van der Waals surface area contributed by atoms with Gasteiger partial charge in [-0.3, -0.25) is 14.2 Å². The number of sulfonamides is 1. The van der Waals surface area contributed by atoms with Crippen LogP contribution in [0.15, 0.2) is 42.5 Å². The molecule has 3 aromatic heterocycles. The minimum absolute atomic E-state index is 0.0413. The van der Waals surface area contributed by atoms with Crippen LogP contribution in [0.25, 0.3) is 22.0 Å². The van der Waals surface area contributed by atoms with E-state index in [9.17, 15) is 61.5 Å². The summed E-state index contributed by atoms with van der Waals surface area (Å²) in [6.07, 6.45) is -9.88. The van der Waals surface area contributed by atoms with Gasteiger partial charge in [-0.05, 0) is 74.4 Å². The number of carbonyl (C=O) groups excluding carboxylic acids is 2. The Hall–Kier alpha value is -5.98. The highest BCUT2D eigenvalue weighted by atomic mass is 35.5. The van der Waals surface area contributed by atoms with Crippen molar-refractivity contribution in [3.63, 3.8) is 0 Å². The standard InChI is InChI=1S/C42H38ClF10N9O6S2/c1-39(2,69(3,65)66)10-9-23-5-6-24(25-7-8-28(43)32-34(25)61(19-40(46,47)48)59-37(32)62(70(4,67)68)38(64)55-12-11-54)33(56-23)29(15-20-13-21(44)16-22(45)14-20)57-30(63)18-60-36-31(35(58-60)42(51,52)53)26-17-27(26)41(36,49)50/h5-8,13-14,16,26-27,29H,11-12,15,17-19,54H2,1-4H3,(H,55,64)(H,57,63)/t26-,27+,29-/m0/s1. The minimum atomic E-state index is -5.22. The van der Waals surface area contributed by atoms with Gasteiger partial charge in [0.15, 0.2) is 21.3 Å². The van der Waals surface area contributed by atoms with Crippen molar-refractivity contribution in [1.29, 1.82) is 0 Å². The normalized spacial score (nSPS) is 17.1. The predicted molar refractivity (Wildman–Crippen MR) is 233 cm³/mol. The van der Waals surface area contributed by atoms with Crippen molar-refractivity contribution in [3.8, 4) is 23.0 Å². The fourth-order valence-electron chi connectivity index (χ4n) is 8.05. The van der Waals surface area contributed by atoms with Crippen molar-refractivity contribution in [2.24, 2.45) is 11.7 Å². The van der Waals surface area contributed by atoms with E-state index in [2.05, 4.69) is 37.7 Å². The van der Waals surface area contributed by atoms with Crippen LogP contribution in [-0.4, -0.2) is 89.8 Å². The first-order valence-corrected chi connectivity index (χ1v) is 24.6. The monoisotopic (exact) mass is 1050 g/mol. The summed E-state index contributed by atoms with van der Waals surface area (Å²) in [5, 5.41) is 10.9. The van der Waals surface area contributed by atoms with Crippen LogP contribution in [0.1, 0.15) is 66.1 Å². The molecule has 2 aromatic carbocycles. The Bertz CT molecular complexity index is 3240. The molecule has 0 radical (unpaired) electrons. The van der Waals surface area contributed by atoms with E-state index < -0.39 is 148 Å². The van der Waals surface area contributed by atoms with Crippen LogP contribution in [0.5, 0.6) is 0 Å². The summed E-state index contributed by atoms with van der Waals surface area (Å²) in [4.78, 5) is 32.0. The summed E-state index contributed by atoms with van der Waals surface area (Å²) in [6.45, 7) is -1.29. The van der Waals surface area contributed by atoms with Gasteiger partial charge in [0.05, 0.1) is 33.9 Å². The summed E-state index contributed by atoms with van der Waals surface area (Å²) in [6, 6.07) is 3.41. The lowest BCUT2D eigenvalue weighted by Crippen LogP contribution is -2.45. The van der Waals surface area contributed by atoms with Gasteiger partial charge in [-0.25, -0.2) is 35.4 Å². The third kappa shape index (κ3) is 10.3. The lowest BCUT2D eigenvalue weighted by molar-refractivity contribution is -0.143. The number of anilines is 1. The highest BCUT2D eigenvalue weighted by Gasteiger charge is 2.68. The van der Waals surface area contributed by atoms with Crippen LogP contribution in [0.4, 0.5) is 54.5 Å². The fourth-order valence-corrected chi connectivity index (χ4v) is 9.34. The molecule has 0 spiro atoms. The van der Waals surface area contributed by atoms with Crippen molar-refractivity contribution in [1.82, 2.24) is 35.2 Å². The first-order valence-electron chi connectivity index (χ1n) is 20.5. The molecule has 0 aliphatic heterocycles. The van der Waals surface area contributed by atoms with E-state index >= 15 is 8.78 Å². The Kier molecular flexibility index (Phi) is 13.3. The smallest absolute Gasteiger partial charge is 0.346 e. The van der Waals surface area contributed by atoms with Gasteiger partial charge in [-0.2, -0.15) is 49.6 Å². The number of pyridine rings is 1. The Morgan fingerprint density at radius 1 is 0.971 bits per heavy atom. The SMILES string of the molecule is CC(C)(C#Cc1ccc(-c2ccc(Cl)c3c(N(C(=O)NCCN)S(C)(=O)=O)nn(CC(F)(F)F)c23)c([C@H](Cc2cc(F)cc(F)c2)NC(=O)Cn2nc(C(F)(F)F)c3c2C(F)(F)[C@@H]2C[C@H]32)n1)S(C)(=O)=O. The van der Waals surface area contributed by atoms with E-state index in [1.807, 2.05) is 0 Å². The average Bonchev–Trinajstić information content (AvgIpc) is 3.73. The van der Waals surface area contributed by atoms with Crippen molar-refractivity contribution >= 4 is 60.1 Å². The number of nitrogens with one attached hydrogen (secondary N) is 2. The van der Waals surface area contributed by atoms with E-state index in [1.165, 1.54) is 13.8 Å². The zero-order chi connectivity index (χ0) is 51.8. The summed E-state index contributed by atoms with van der Waals surface area (Å²) in [5.41, 5.74) is -0.351. The lowest BCUT2D eigenvalue weighted by atomic mass is 9.93. The van der Waals surface area contributed by atoms with Gasteiger partial charge in [-0.1, -0.05) is 23.6 Å². The first-order chi connectivity index (χ1) is 32.2. The number of rotatable bonds is 13. The van der Waals surface area contributed by atoms with Crippen LogP contribution >= 0.6 is 11.6 Å². The third-order valence-corrected chi connectivity index (χ3v) is 14.7. The van der Waals surface area contributed by atoms with Crippen LogP contribution in [0.3, 0.4) is 0 Å². The third-order valence-electron chi connectivity index (χ3n) is 11.4. The number of sulfone groups is 1. The molecule has 5 aromatic rings. The predicted octanol–water partition coefficient (Wildman–Crippen LogP) is 6.73. The molecule has 2 aliphatic rings. The number of benzene rings is 2. The quantitative estimate of drug-likeness (QED) is 0.0839. The maximum Gasteiger partial charge on any atom is 0.435 e. The maximum absolute atomic E-state index is 15.6. The number of urea groups is 1. The topological polar surface area (TPSA) is 204 Å². The van der Waals surface area contributed by atoms with E-state index in [4.69, 9.17) is 17.3 Å². The largest absolute Gasteiger partial charge is 0.435 e. The van der Waals surface area contributed by atoms with Crippen molar-refractivity contribution < 1.29 is 70.3 Å². The Morgan fingerprint density at radius 2 is 1.61 bits per heavy atom. The first kappa shape index (κ1) is 51.9. The van der Waals surface area contributed by atoms with Crippen molar-refractivity contribution in [3.05, 3.63) is 93.0 Å². The number of carbonyl (C=O) groups is 2. The highest BCUT2D eigenvalue weighted by molar-refractivity contribution is 7.93. The molecule has 0 saturated heterocycles. The van der Waals surface area contributed by atoms with Gasteiger partial charge < -0.3 is 16.4 Å². The average molecular weight is 1050 g/mol. The fraction of sp³-hybridized carbons (Fsp3) is 0.405. The maximum atomic E-state index is 15.6. The molecule has 3 atom stereocenters. The zero-order valence-electron chi connectivity index (χ0n) is 36.7. The van der Waals surface area contributed by atoms with Crippen molar-refractivity contribution in [2.75, 3.05) is 29.9 Å². The Morgan fingerprint density at radius 3 is 2.20 bits per heavy atom. The molecule has 70 heavy (non-hydrogen) atoms. The molecule has 3 heterocycles. The van der Waals surface area contributed by atoms with Crippen LogP contribution in [-0.2, 0) is 56.3 Å². The molecule has 28 heteroatoms. The second-order valence-electron chi connectivity index (χ2n) is 17.1. The number of nitrogens with zero attached hydrogens (tertiary/aromatic N) is 6. The number of halogens is 11. The minimum Gasteiger partial charge on any atom is -0.346 e. The van der Waals surface area contributed by atoms with Crippen molar-refractivity contribution in [2.45, 2.75) is 74.8 Å². The van der Waals surface area contributed by atoms with Gasteiger partial charge in [0.1, 0.15) is 40.9 Å². The second-order valence-corrected chi connectivity index (χ2v) is 21.9. The molecule has 15 nitrogen and oxygen atoms in total. The molecule has 2 aliphatic carbocycles. The molecule has 4 N–H and O–H groups in total. The van der Waals surface area contributed by atoms with E-state index in [1.54, 1.807) is 0 Å². The zero-order valence-corrected chi connectivity index (χ0v) is 39.1. The second kappa shape index (κ2) is 18.0. The number of aromatic nitrogens is 5. The number of amides is 3. The van der Waals surface area contributed by atoms with Crippen LogP contribution in [0, 0.1) is 29.4 Å². The van der Waals surface area contributed by atoms with E-state index in [0.717, 1.165) is 42.7 Å².